The molecule has 0 aromatic carbocycles. The van der Waals surface area contributed by atoms with Crippen LogP contribution in [0.5, 0.6) is 0 Å². The lowest BCUT2D eigenvalue weighted by molar-refractivity contribution is 0.236. The van der Waals surface area contributed by atoms with Crippen molar-refractivity contribution in [2.24, 2.45) is 0 Å². The summed E-state index contributed by atoms with van der Waals surface area (Å²) in [6.45, 7) is 7.86. The van der Waals surface area contributed by atoms with Crippen LogP contribution in [0.2, 0.25) is 0 Å². The highest BCUT2D eigenvalue weighted by Gasteiger charge is 2.12. The van der Waals surface area contributed by atoms with E-state index in [1.54, 1.807) is 0 Å². The van der Waals surface area contributed by atoms with E-state index in [1.165, 1.54) is 25.1 Å². The molecule has 0 spiro atoms. The van der Waals surface area contributed by atoms with Gasteiger partial charge in [0.05, 0.1) is 0 Å². The van der Waals surface area contributed by atoms with Crippen LogP contribution in [0, 0.1) is 0 Å². The number of nitrogens with one attached hydrogen (secondary N) is 1. The highest BCUT2D eigenvalue weighted by Crippen LogP contribution is 2.05. The van der Waals surface area contributed by atoms with Crippen LogP contribution in [0.1, 0.15) is 26.7 Å². The Morgan fingerprint density at radius 2 is 2.07 bits per heavy atom. The first-order chi connectivity index (χ1) is 6.76. The van der Waals surface area contributed by atoms with Crippen LogP contribution in [0.15, 0.2) is 0 Å². The number of hydrogen-bond donors (Lipinski definition) is 1. The molecule has 0 aliphatic rings. The molecule has 3 heteroatoms. The number of hydrogen-bond acceptors (Lipinski definition) is 3. The second-order valence-corrected chi connectivity index (χ2v) is 4.71. The van der Waals surface area contributed by atoms with Gasteiger partial charge in [0, 0.05) is 24.9 Å². The Bertz CT molecular complexity index is 120. The van der Waals surface area contributed by atoms with E-state index in [-0.39, 0.29) is 0 Å². The van der Waals surface area contributed by atoms with Gasteiger partial charge in [-0.25, -0.2) is 0 Å². The van der Waals surface area contributed by atoms with Gasteiger partial charge < -0.3 is 10.2 Å². The Kier molecular flexibility index (Phi) is 10.0. The summed E-state index contributed by atoms with van der Waals surface area (Å²) in [6.07, 6.45) is 4.75. The lowest BCUT2D eigenvalue weighted by Crippen LogP contribution is -2.41. The summed E-state index contributed by atoms with van der Waals surface area (Å²) < 4.78 is 0. The standard InChI is InChI=1S/C11H26N2S/c1-5-7-11(10-12-6-2)13(3)8-9-14-4/h11-12H,5-10H2,1-4H3. The average molecular weight is 218 g/mol. The number of likely N-dealkylation sites (N-methyl/N-ethyl adjacent to an activating group) is 2. The van der Waals surface area contributed by atoms with E-state index in [9.17, 15) is 0 Å². The fourth-order valence-corrected chi connectivity index (χ4v) is 2.01. The zero-order valence-corrected chi connectivity index (χ0v) is 11.0. The van der Waals surface area contributed by atoms with Gasteiger partial charge in [0.1, 0.15) is 0 Å². The van der Waals surface area contributed by atoms with Crippen molar-refractivity contribution in [2.45, 2.75) is 32.7 Å². The zero-order chi connectivity index (χ0) is 10.8. The van der Waals surface area contributed by atoms with Crippen molar-refractivity contribution in [1.82, 2.24) is 10.2 Å². The number of nitrogens with zero attached hydrogens (tertiary/aromatic N) is 1. The van der Waals surface area contributed by atoms with E-state index in [0.29, 0.717) is 6.04 Å². The van der Waals surface area contributed by atoms with Crippen molar-refractivity contribution in [1.29, 1.82) is 0 Å². The SMILES string of the molecule is CCCC(CNCC)N(C)CCSC. The largest absolute Gasteiger partial charge is 0.315 e. The predicted octanol–water partition coefficient (Wildman–Crippen LogP) is 2.06. The van der Waals surface area contributed by atoms with Gasteiger partial charge in [0.25, 0.3) is 0 Å². The van der Waals surface area contributed by atoms with Gasteiger partial charge in [0.15, 0.2) is 0 Å². The highest BCUT2D eigenvalue weighted by atomic mass is 32.2. The molecule has 1 N–H and O–H groups in total. The maximum absolute atomic E-state index is 3.44. The van der Waals surface area contributed by atoms with Gasteiger partial charge in [-0.3, -0.25) is 0 Å². The van der Waals surface area contributed by atoms with Crippen LogP contribution < -0.4 is 5.32 Å². The Hall–Kier alpha value is 0.270. The molecule has 86 valence electrons. The molecule has 0 aliphatic carbocycles. The first-order valence-electron chi connectivity index (χ1n) is 5.66. The van der Waals surface area contributed by atoms with E-state index in [4.69, 9.17) is 0 Å². The molecule has 0 rings (SSSR count). The second-order valence-electron chi connectivity index (χ2n) is 3.72. The van der Waals surface area contributed by atoms with E-state index < -0.39 is 0 Å². The molecule has 0 heterocycles. The third kappa shape index (κ3) is 6.68. The molecule has 0 saturated heterocycles. The quantitative estimate of drug-likeness (QED) is 0.638. The molecule has 1 atom stereocenters. The van der Waals surface area contributed by atoms with Gasteiger partial charge in [-0.2, -0.15) is 11.8 Å². The summed E-state index contributed by atoms with van der Waals surface area (Å²) in [5.41, 5.74) is 0. The van der Waals surface area contributed by atoms with Crippen LogP contribution in [0.3, 0.4) is 0 Å². The third-order valence-electron chi connectivity index (χ3n) is 2.52. The lowest BCUT2D eigenvalue weighted by atomic mass is 10.1. The van der Waals surface area contributed by atoms with Crippen molar-refractivity contribution in [3.8, 4) is 0 Å². The fraction of sp³-hybridized carbons (Fsp3) is 1.00. The molecule has 2 nitrogen and oxygen atoms in total. The second kappa shape index (κ2) is 9.81. The van der Waals surface area contributed by atoms with Crippen LogP contribution >= 0.6 is 11.8 Å². The van der Waals surface area contributed by atoms with E-state index in [1.807, 2.05) is 11.8 Å². The zero-order valence-electron chi connectivity index (χ0n) is 10.2. The Balaban J connectivity index is 3.77. The minimum atomic E-state index is 0.715. The molecule has 0 aromatic rings. The van der Waals surface area contributed by atoms with Crippen molar-refractivity contribution < 1.29 is 0 Å². The molecular formula is C11H26N2S. The number of thioether (sulfide) groups is 1. The predicted molar refractivity (Wildman–Crippen MR) is 68.3 cm³/mol. The molecule has 14 heavy (non-hydrogen) atoms. The minimum Gasteiger partial charge on any atom is -0.315 e. The van der Waals surface area contributed by atoms with Crippen LogP contribution in [0.25, 0.3) is 0 Å². The van der Waals surface area contributed by atoms with Crippen LogP contribution in [0.4, 0.5) is 0 Å². The third-order valence-corrected chi connectivity index (χ3v) is 3.11. The summed E-state index contributed by atoms with van der Waals surface area (Å²) >= 11 is 1.93. The summed E-state index contributed by atoms with van der Waals surface area (Å²) in [6, 6.07) is 0.715. The van der Waals surface area contributed by atoms with Crippen molar-refractivity contribution >= 4 is 11.8 Å². The first-order valence-corrected chi connectivity index (χ1v) is 7.05. The van der Waals surface area contributed by atoms with Gasteiger partial charge in [-0.15, -0.1) is 0 Å². The summed E-state index contributed by atoms with van der Waals surface area (Å²) in [5.74, 6) is 1.24. The molecular weight excluding hydrogens is 192 g/mol. The minimum absolute atomic E-state index is 0.715. The van der Waals surface area contributed by atoms with Crippen molar-refractivity contribution in [3.05, 3.63) is 0 Å². The Morgan fingerprint density at radius 3 is 2.57 bits per heavy atom. The molecule has 0 bridgehead atoms. The first kappa shape index (κ1) is 14.3. The summed E-state index contributed by atoms with van der Waals surface area (Å²) in [7, 11) is 2.24. The topological polar surface area (TPSA) is 15.3 Å². The van der Waals surface area contributed by atoms with Gasteiger partial charge in [-0.1, -0.05) is 20.3 Å². The fourth-order valence-electron chi connectivity index (χ4n) is 1.54. The molecule has 0 radical (unpaired) electrons. The average Bonchev–Trinajstić information content (AvgIpc) is 2.20. The smallest absolute Gasteiger partial charge is 0.0217 e. The normalized spacial score (nSPS) is 13.5. The summed E-state index contributed by atoms with van der Waals surface area (Å²) in [5, 5.41) is 3.44. The van der Waals surface area contributed by atoms with E-state index in [0.717, 1.165) is 13.1 Å². The number of rotatable bonds is 9. The molecule has 0 aromatic heterocycles. The van der Waals surface area contributed by atoms with Gasteiger partial charge in [-0.05, 0) is 26.3 Å². The highest BCUT2D eigenvalue weighted by molar-refractivity contribution is 7.98. The lowest BCUT2D eigenvalue weighted by Gasteiger charge is -2.27. The Morgan fingerprint density at radius 1 is 1.36 bits per heavy atom. The molecule has 0 amide bonds. The van der Waals surface area contributed by atoms with Crippen LogP contribution in [-0.2, 0) is 0 Å². The summed E-state index contributed by atoms with van der Waals surface area (Å²) in [4.78, 5) is 2.49. The van der Waals surface area contributed by atoms with Crippen molar-refractivity contribution in [2.75, 3.05) is 38.7 Å². The molecule has 1 unspecified atom stereocenters. The molecule has 0 aliphatic heterocycles. The monoisotopic (exact) mass is 218 g/mol. The maximum atomic E-state index is 3.44. The van der Waals surface area contributed by atoms with E-state index in [2.05, 4.69) is 37.4 Å². The maximum Gasteiger partial charge on any atom is 0.0217 e. The van der Waals surface area contributed by atoms with Crippen molar-refractivity contribution in [3.63, 3.8) is 0 Å². The molecule has 0 saturated carbocycles. The molecule has 0 fully saturated rings. The van der Waals surface area contributed by atoms with E-state index >= 15 is 0 Å². The van der Waals surface area contributed by atoms with Gasteiger partial charge in [0.2, 0.25) is 0 Å². The van der Waals surface area contributed by atoms with Gasteiger partial charge >= 0.3 is 0 Å². The Labute approximate surface area is 93.8 Å². The van der Waals surface area contributed by atoms with Crippen LogP contribution in [-0.4, -0.2) is 49.6 Å².